The lowest BCUT2D eigenvalue weighted by Crippen LogP contribution is -2.13. The number of H-pyrrole nitrogens is 1. The molecule has 0 radical (unpaired) electrons. The largest absolute Gasteiger partial charge is 0.348 e. The fourth-order valence-electron chi connectivity index (χ4n) is 2.61. The summed E-state index contributed by atoms with van der Waals surface area (Å²) < 4.78 is 0. The molecule has 0 aliphatic rings. The Hall–Kier alpha value is -3.18. The van der Waals surface area contributed by atoms with Gasteiger partial charge in [0.15, 0.2) is 5.65 Å². The standard InChI is InChI=1S/C19H13ClN4O/c20-14-7-3-12(4-8-14)13-5-9-15(10-6-13)22-18-16-2-1-11-21-17(16)23-19(25)24-18/h1-11H,(H2,21,22,23,24,25). The van der Waals surface area contributed by atoms with Crippen molar-refractivity contribution in [3.05, 3.63) is 82.4 Å². The van der Waals surface area contributed by atoms with Crippen LogP contribution in [0.2, 0.25) is 5.02 Å². The van der Waals surface area contributed by atoms with E-state index in [2.05, 4.69) is 20.3 Å². The number of hydrogen-bond donors (Lipinski definition) is 2. The number of aromatic nitrogens is 3. The number of hydrogen-bond acceptors (Lipinski definition) is 4. The van der Waals surface area contributed by atoms with Crippen molar-refractivity contribution in [1.82, 2.24) is 15.0 Å². The molecule has 0 spiro atoms. The molecule has 2 aromatic carbocycles. The molecule has 0 saturated heterocycles. The molecule has 0 aliphatic heterocycles. The monoisotopic (exact) mass is 348 g/mol. The highest BCUT2D eigenvalue weighted by Crippen LogP contribution is 2.25. The highest BCUT2D eigenvalue weighted by molar-refractivity contribution is 6.30. The molecular formula is C19H13ClN4O. The smallest absolute Gasteiger partial charge is 0.341 e. The Bertz CT molecular complexity index is 1090. The lowest BCUT2D eigenvalue weighted by molar-refractivity contribution is 1.10. The normalized spacial score (nSPS) is 10.8. The summed E-state index contributed by atoms with van der Waals surface area (Å²) >= 11 is 5.93. The van der Waals surface area contributed by atoms with Gasteiger partial charge in [-0.15, -0.1) is 0 Å². The van der Waals surface area contributed by atoms with Crippen LogP contribution in [0.5, 0.6) is 0 Å². The van der Waals surface area contributed by atoms with Gasteiger partial charge < -0.3 is 5.32 Å². The van der Waals surface area contributed by atoms with Gasteiger partial charge in [0.25, 0.3) is 0 Å². The minimum Gasteiger partial charge on any atom is -0.341 e. The van der Waals surface area contributed by atoms with Gasteiger partial charge in [-0.05, 0) is 47.5 Å². The van der Waals surface area contributed by atoms with Gasteiger partial charge in [-0.3, -0.25) is 4.98 Å². The SMILES string of the molecule is O=c1nc2ncccc2c(Nc2ccc(-c3ccc(Cl)cc3)cc2)[nH]1. The van der Waals surface area contributed by atoms with E-state index in [1.165, 1.54) is 0 Å². The maximum atomic E-state index is 11.7. The van der Waals surface area contributed by atoms with Gasteiger partial charge in [-0.25, -0.2) is 9.78 Å². The van der Waals surface area contributed by atoms with Gasteiger partial charge in [0, 0.05) is 16.9 Å². The van der Waals surface area contributed by atoms with Crippen LogP contribution in [0, 0.1) is 0 Å². The molecular weight excluding hydrogens is 336 g/mol. The Balaban J connectivity index is 1.66. The van der Waals surface area contributed by atoms with Crippen LogP contribution >= 0.6 is 11.6 Å². The third-order valence-corrected chi connectivity index (χ3v) is 4.08. The second kappa shape index (κ2) is 6.37. The van der Waals surface area contributed by atoms with Crippen LogP contribution < -0.4 is 11.0 Å². The summed E-state index contributed by atoms with van der Waals surface area (Å²) in [5.74, 6) is 0.572. The highest BCUT2D eigenvalue weighted by Gasteiger charge is 2.06. The summed E-state index contributed by atoms with van der Waals surface area (Å²) in [6, 6.07) is 19.3. The van der Waals surface area contributed by atoms with E-state index in [1.807, 2.05) is 54.6 Å². The minimum atomic E-state index is -0.438. The van der Waals surface area contributed by atoms with Gasteiger partial charge in [0.05, 0.1) is 5.39 Å². The number of halogens is 1. The van der Waals surface area contributed by atoms with Crippen LogP contribution in [-0.4, -0.2) is 15.0 Å². The number of benzene rings is 2. The Labute approximate surface area is 148 Å². The molecule has 0 aliphatic carbocycles. The Kier molecular flexibility index (Phi) is 3.91. The second-order valence-corrected chi connectivity index (χ2v) is 5.94. The van der Waals surface area contributed by atoms with Crippen LogP contribution in [0.3, 0.4) is 0 Å². The predicted octanol–water partition coefficient (Wildman–Crippen LogP) is 4.38. The molecule has 0 unspecified atom stereocenters. The molecule has 2 heterocycles. The zero-order valence-electron chi connectivity index (χ0n) is 13.0. The van der Waals surface area contributed by atoms with Crippen LogP contribution in [-0.2, 0) is 0 Å². The molecule has 4 rings (SSSR count). The topological polar surface area (TPSA) is 70.7 Å². The van der Waals surface area contributed by atoms with Crippen molar-refractivity contribution in [2.24, 2.45) is 0 Å². The Morgan fingerprint density at radius 3 is 2.32 bits per heavy atom. The van der Waals surface area contributed by atoms with Crippen LogP contribution in [0.15, 0.2) is 71.7 Å². The number of fused-ring (bicyclic) bond motifs is 1. The van der Waals surface area contributed by atoms with E-state index in [-0.39, 0.29) is 0 Å². The first-order valence-electron chi connectivity index (χ1n) is 7.67. The highest BCUT2D eigenvalue weighted by atomic mass is 35.5. The van der Waals surface area contributed by atoms with Crippen molar-refractivity contribution in [2.45, 2.75) is 0 Å². The van der Waals surface area contributed by atoms with E-state index in [9.17, 15) is 4.79 Å². The predicted molar refractivity (Wildman–Crippen MR) is 100 cm³/mol. The van der Waals surface area contributed by atoms with Crippen molar-refractivity contribution in [3.63, 3.8) is 0 Å². The average Bonchev–Trinajstić information content (AvgIpc) is 2.63. The van der Waals surface area contributed by atoms with E-state index in [0.717, 1.165) is 22.2 Å². The molecule has 5 nitrogen and oxygen atoms in total. The zero-order chi connectivity index (χ0) is 17.2. The Morgan fingerprint density at radius 1 is 0.920 bits per heavy atom. The number of aromatic amines is 1. The number of pyridine rings is 1. The quantitative estimate of drug-likeness (QED) is 0.576. The molecule has 0 atom stereocenters. The summed E-state index contributed by atoms with van der Waals surface area (Å²) in [4.78, 5) is 22.4. The summed E-state index contributed by atoms with van der Waals surface area (Å²) in [7, 11) is 0. The number of anilines is 2. The maximum absolute atomic E-state index is 11.7. The molecule has 0 bridgehead atoms. The fourth-order valence-corrected chi connectivity index (χ4v) is 2.74. The molecule has 2 N–H and O–H groups in total. The summed E-state index contributed by atoms with van der Waals surface area (Å²) in [5, 5.41) is 4.68. The average molecular weight is 349 g/mol. The van der Waals surface area contributed by atoms with Gasteiger partial charge >= 0.3 is 5.69 Å². The van der Waals surface area contributed by atoms with Crippen molar-refractivity contribution in [3.8, 4) is 11.1 Å². The molecule has 0 saturated carbocycles. The van der Waals surface area contributed by atoms with Crippen LogP contribution in [0.4, 0.5) is 11.5 Å². The van der Waals surface area contributed by atoms with E-state index >= 15 is 0 Å². The molecule has 122 valence electrons. The van der Waals surface area contributed by atoms with Gasteiger partial charge in [0.2, 0.25) is 0 Å². The van der Waals surface area contributed by atoms with Gasteiger partial charge in [-0.2, -0.15) is 4.98 Å². The maximum Gasteiger partial charge on any atom is 0.348 e. The van der Waals surface area contributed by atoms with Crippen LogP contribution in [0.1, 0.15) is 0 Å². The third-order valence-electron chi connectivity index (χ3n) is 3.83. The number of nitrogens with one attached hydrogen (secondary N) is 2. The van der Waals surface area contributed by atoms with Crippen molar-refractivity contribution in [1.29, 1.82) is 0 Å². The molecule has 25 heavy (non-hydrogen) atoms. The van der Waals surface area contributed by atoms with E-state index in [0.29, 0.717) is 16.5 Å². The van der Waals surface area contributed by atoms with Gasteiger partial charge in [-0.1, -0.05) is 35.9 Å². The lowest BCUT2D eigenvalue weighted by Gasteiger charge is -2.09. The number of nitrogens with zero attached hydrogens (tertiary/aromatic N) is 2. The van der Waals surface area contributed by atoms with Crippen molar-refractivity contribution in [2.75, 3.05) is 5.32 Å². The second-order valence-electron chi connectivity index (χ2n) is 5.50. The summed E-state index contributed by atoms with van der Waals surface area (Å²) in [6.07, 6.45) is 1.61. The number of rotatable bonds is 3. The molecule has 6 heteroatoms. The molecule has 2 aromatic heterocycles. The van der Waals surface area contributed by atoms with Crippen molar-refractivity contribution >= 4 is 34.1 Å². The molecule has 0 amide bonds. The van der Waals surface area contributed by atoms with E-state index in [1.54, 1.807) is 12.3 Å². The molecule has 0 fully saturated rings. The lowest BCUT2D eigenvalue weighted by atomic mass is 10.1. The summed E-state index contributed by atoms with van der Waals surface area (Å²) in [5.41, 5.74) is 2.99. The third kappa shape index (κ3) is 3.22. The zero-order valence-corrected chi connectivity index (χ0v) is 13.8. The first kappa shape index (κ1) is 15.4. The first-order chi connectivity index (χ1) is 12.2. The molecule has 4 aromatic rings. The van der Waals surface area contributed by atoms with E-state index in [4.69, 9.17) is 11.6 Å². The Morgan fingerprint density at radius 2 is 1.60 bits per heavy atom. The summed E-state index contributed by atoms with van der Waals surface area (Å²) in [6.45, 7) is 0. The van der Waals surface area contributed by atoms with Crippen molar-refractivity contribution < 1.29 is 0 Å². The minimum absolute atomic E-state index is 0.409. The first-order valence-corrected chi connectivity index (χ1v) is 8.05. The van der Waals surface area contributed by atoms with Gasteiger partial charge in [0.1, 0.15) is 5.82 Å². The fraction of sp³-hybridized carbons (Fsp3) is 0. The van der Waals surface area contributed by atoms with Crippen LogP contribution in [0.25, 0.3) is 22.2 Å². The van der Waals surface area contributed by atoms with E-state index < -0.39 is 5.69 Å².